The fraction of sp³-hybridized carbons (Fsp3) is 0.421. The van der Waals surface area contributed by atoms with Gasteiger partial charge in [0.05, 0.1) is 18.2 Å². The summed E-state index contributed by atoms with van der Waals surface area (Å²) in [6.45, 7) is 2.25. The summed E-state index contributed by atoms with van der Waals surface area (Å²) in [5.41, 5.74) is 1.73. The van der Waals surface area contributed by atoms with Crippen molar-refractivity contribution < 1.29 is 19.1 Å². The second kappa shape index (κ2) is 8.51. The largest absolute Gasteiger partial charge is 0.474 e. The van der Waals surface area contributed by atoms with Crippen LogP contribution < -0.4 is 4.74 Å². The fourth-order valence-electron chi connectivity index (χ4n) is 3.01. The number of carbonyl (C=O) groups excluding carboxylic acids is 2. The van der Waals surface area contributed by atoms with Crippen molar-refractivity contribution in [1.29, 1.82) is 0 Å². The molecule has 1 aliphatic carbocycles. The van der Waals surface area contributed by atoms with Crippen LogP contribution in [0.3, 0.4) is 0 Å². The van der Waals surface area contributed by atoms with E-state index in [9.17, 15) is 9.59 Å². The van der Waals surface area contributed by atoms with Crippen LogP contribution in [0.1, 0.15) is 43.1 Å². The first-order valence-corrected chi connectivity index (χ1v) is 8.78. The molecule has 136 valence electrons. The number of aromatic nitrogens is 3. The van der Waals surface area contributed by atoms with E-state index in [1.165, 1.54) is 0 Å². The molecule has 2 heterocycles. The van der Waals surface area contributed by atoms with E-state index in [2.05, 4.69) is 15.2 Å². The number of carbonyl (C=O) groups is 2. The van der Waals surface area contributed by atoms with Gasteiger partial charge in [-0.25, -0.2) is 4.98 Å². The number of aldehydes is 1. The summed E-state index contributed by atoms with van der Waals surface area (Å²) in [5.74, 6) is 0.430. The zero-order valence-electron chi connectivity index (χ0n) is 14.6. The second-order valence-corrected chi connectivity index (χ2v) is 6.19. The molecule has 2 aromatic rings. The van der Waals surface area contributed by atoms with Gasteiger partial charge in [0.15, 0.2) is 6.29 Å². The van der Waals surface area contributed by atoms with E-state index in [1.54, 1.807) is 24.4 Å². The molecule has 0 radical (unpaired) electrons. The van der Waals surface area contributed by atoms with Crippen LogP contribution in [-0.2, 0) is 9.53 Å². The van der Waals surface area contributed by atoms with Gasteiger partial charge in [-0.15, -0.1) is 10.2 Å². The zero-order chi connectivity index (χ0) is 18.4. The van der Waals surface area contributed by atoms with Crippen LogP contribution in [0.4, 0.5) is 0 Å². The van der Waals surface area contributed by atoms with Crippen LogP contribution in [0.25, 0.3) is 11.3 Å². The summed E-state index contributed by atoms with van der Waals surface area (Å²) in [6.07, 6.45) is 5.57. The third-order valence-electron chi connectivity index (χ3n) is 4.42. The summed E-state index contributed by atoms with van der Waals surface area (Å²) < 4.78 is 11.0. The maximum atomic E-state index is 11.8. The van der Waals surface area contributed by atoms with Gasteiger partial charge in [0.1, 0.15) is 11.8 Å². The molecule has 26 heavy (non-hydrogen) atoms. The lowest BCUT2D eigenvalue weighted by atomic mass is 9.87. The molecule has 0 aliphatic heterocycles. The van der Waals surface area contributed by atoms with E-state index < -0.39 is 0 Å². The van der Waals surface area contributed by atoms with Crippen molar-refractivity contribution in [3.63, 3.8) is 0 Å². The molecule has 0 N–H and O–H groups in total. The highest BCUT2D eigenvalue weighted by molar-refractivity contribution is 5.72. The number of rotatable bonds is 6. The standard InChI is InChI=1S/C19H21N3O4/c1-2-25-19(24)13-3-7-16(8-4-13)26-18-10-5-14(11-20-18)17-9-6-15(12-23)21-22-17/h5-6,9-13,16H,2-4,7-8H2,1H3. The Morgan fingerprint density at radius 1 is 1.15 bits per heavy atom. The lowest BCUT2D eigenvalue weighted by Gasteiger charge is -2.27. The van der Waals surface area contributed by atoms with Crippen molar-refractivity contribution in [2.75, 3.05) is 6.61 Å². The molecule has 0 atom stereocenters. The van der Waals surface area contributed by atoms with Gasteiger partial charge in [0.2, 0.25) is 5.88 Å². The number of pyridine rings is 1. The molecule has 0 unspecified atom stereocenters. The Kier molecular flexibility index (Phi) is 5.88. The first-order valence-electron chi connectivity index (χ1n) is 8.78. The van der Waals surface area contributed by atoms with Crippen LogP contribution >= 0.6 is 0 Å². The van der Waals surface area contributed by atoms with Crippen LogP contribution in [0.15, 0.2) is 30.5 Å². The molecule has 7 nitrogen and oxygen atoms in total. The molecule has 1 saturated carbocycles. The van der Waals surface area contributed by atoms with Crippen LogP contribution in [0, 0.1) is 5.92 Å². The molecular weight excluding hydrogens is 334 g/mol. The Balaban J connectivity index is 1.55. The Morgan fingerprint density at radius 2 is 1.96 bits per heavy atom. The minimum Gasteiger partial charge on any atom is -0.474 e. The van der Waals surface area contributed by atoms with Crippen LogP contribution in [0.5, 0.6) is 5.88 Å². The first kappa shape index (κ1) is 18.0. The lowest BCUT2D eigenvalue weighted by Crippen LogP contribution is -2.29. The van der Waals surface area contributed by atoms with Gasteiger partial charge in [-0.3, -0.25) is 9.59 Å². The van der Waals surface area contributed by atoms with Crippen molar-refractivity contribution in [1.82, 2.24) is 15.2 Å². The number of hydrogen-bond donors (Lipinski definition) is 0. The molecule has 7 heteroatoms. The quantitative estimate of drug-likeness (QED) is 0.581. The second-order valence-electron chi connectivity index (χ2n) is 6.19. The van der Waals surface area contributed by atoms with E-state index in [0.29, 0.717) is 30.2 Å². The molecular formula is C19H21N3O4. The Hall–Kier alpha value is -2.83. The molecule has 2 aromatic heterocycles. The monoisotopic (exact) mass is 355 g/mol. The molecule has 0 bridgehead atoms. The third-order valence-corrected chi connectivity index (χ3v) is 4.42. The predicted octanol–water partition coefficient (Wildman–Crippen LogP) is 2.85. The predicted molar refractivity (Wildman–Crippen MR) is 93.7 cm³/mol. The minimum atomic E-state index is -0.102. The summed E-state index contributed by atoms with van der Waals surface area (Å²) in [5, 5.41) is 7.81. The highest BCUT2D eigenvalue weighted by atomic mass is 16.5. The normalized spacial score (nSPS) is 19.6. The minimum absolute atomic E-state index is 0.0157. The number of hydrogen-bond acceptors (Lipinski definition) is 7. The number of nitrogens with zero attached hydrogens (tertiary/aromatic N) is 3. The Morgan fingerprint density at radius 3 is 2.54 bits per heavy atom. The molecule has 3 rings (SSSR count). The maximum absolute atomic E-state index is 11.8. The fourth-order valence-corrected chi connectivity index (χ4v) is 3.01. The highest BCUT2D eigenvalue weighted by Crippen LogP contribution is 2.28. The van der Waals surface area contributed by atoms with Crippen molar-refractivity contribution in [3.8, 4) is 17.1 Å². The van der Waals surface area contributed by atoms with E-state index >= 15 is 0 Å². The summed E-state index contributed by atoms with van der Waals surface area (Å²) >= 11 is 0. The summed E-state index contributed by atoms with van der Waals surface area (Å²) in [7, 11) is 0. The molecule has 1 fully saturated rings. The zero-order valence-corrected chi connectivity index (χ0v) is 14.6. The first-order chi connectivity index (χ1) is 12.7. The van der Waals surface area contributed by atoms with Crippen molar-refractivity contribution in [2.24, 2.45) is 5.92 Å². The average molecular weight is 355 g/mol. The SMILES string of the molecule is CCOC(=O)C1CCC(Oc2ccc(-c3ccc(C=O)nn3)cn2)CC1. The molecule has 0 amide bonds. The van der Waals surface area contributed by atoms with E-state index in [0.717, 1.165) is 31.2 Å². The molecule has 0 spiro atoms. The van der Waals surface area contributed by atoms with Crippen LogP contribution in [-0.4, -0.2) is 40.1 Å². The highest BCUT2D eigenvalue weighted by Gasteiger charge is 2.28. The van der Waals surface area contributed by atoms with Gasteiger partial charge < -0.3 is 9.47 Å². The van der Waals surface area contributed by atoms with E-state index in [4.69, 9.17) is 9.47 Å². The van der Waals surface area contributed by atoms with Crippen molar-refractivity contribution in [3.05, 3.63) is 36.2 Å². The molecule has 1 aliphatic rings. The van der Waals surface area contributed by atoms with Crippen LogP contribution in [0.2, 0.25) is 0 Å². The maximum Gasteiger partial charge on any atom is 0.308 e. The van der Waals surface area contributed by atoms with Gasteiger partial charge in [-0.05, 0) is 50.8 Å². The molecule has 0 aromatic carbocycles. The summed E-state index contributed by atoms with van der Waals surface area (Å²) in [4.78, 5) is 26.7. The number of esters is 1. The van der Waals surface area contributed by atoms with Gasteiger partial charge in [0, 0.05) is 17.8 Å². The summed E-state index contributed by atoms with van der Waals surface area (Å²) in [6, 6.07) is 6.99. The van der Waals surface area contributed by atoms with Gasteiger partial charge in [-0.2, -0.15) is 0 Å². The number of ether oxygens (including phenoxy) is 2. The Bertz CT molecular complexity index is 738. The molecule has 0 saturated heterocycles. The third kappa shape index (κ3) is 4.41. The van der Waals surface area contributed by atoms with E-state index in [-0.39, 0.29) is 18.0 Å². The smallest absolute Gasteiger partial charge is 0.308 e. The van der Waals surface area contributed by atoms with Gasteiger partial charge in [0.25, 0.3) is 0 Å². The van der Waals surface area contributed by atoms with Gasteiger partial charge >= 0.3 is 5.97 Å². The average Bonchev–Trinajstić information content (AvgIpc) is 2.69. The van der Waals surface area contributed by atoms with Crippen molar-refractivity contribution in [2.45, 2.75) is 38.7 Å². The van der Waals surface area contributed by atoms with E-state index in [1.807, 2.05) is 13.0 Å². The topological polar surface area (TPSA) is 91.3 Å². The van der Waals surface area contributed by atoms with Gasteiger partial charge in [-0.1, -0.05) is 0 Å². The van der Waals surface area contributed by atoms with Crippen molar-refractivity contribution >= 4 is 12.3 Å². The lowest BCUT2D eigenvalue weighted by molar-refractivity contribution is -0.149. The Labute approximate surface area is 151 Å².